The summed E-state index contributed by atoms with van der Waals surface area (Å²) >= 11 is 1.46. The predicted molar refractivity (Wildman–Crippen MR) is 77.1 cm³/mol. The first-order valence-electron chi connectivity index (χ1n) is 6.72. The first-order chi connectivity index (χ1) is 9.22. The number of aliphatic carboxylic acids is 1. The second-order valence-electron chi connectivity index (χ2n) is 6.45. The Bertz CT molecular complexity index is 527. The summed E-state index contributed by atoms with van der Waals surface area (Å²) in [5.74, 6) is -1.14. The molecule has 1 heterocycles. The fourth-order valence-corrected chi connectivity index (χ4v) is 3.15. The van der Waals surface area contributed by atoms with Crippen molar-refractivity contribution in [1.29, 1.82) is 0 Å². The van der Waals surface area contributed by atoms with Crippen LogP contribution in [0.4, 0.5) is 0 Å². The van der Waals surface area contributed by atoms with E-state index in [1.165, 1.54) is 11.3 Å². The Balaban J connectivity index is 2.08. The molecule has 0 spiro atoms. The zero-order valence-corrected chi connectivity index (χ0v) is 12.8. The minimum absolute atomic E-state index is 0.0188. The average molecular weight is 296 g/mol. The Hall–Kier alpha value is -1.43. The molecular formula is C14H20N2O3S. The maximum absolute atomic E-state index is 12.2. The van der Waals surface area contributed by atoms with Crippen molar-refractivity contribution in [1.82, 2.24) is 10.3 Å². The number of carbonyl (C=O) groups is 2. The molecule has 2 rings (SSSR count). The monoisotopic (exact) mass is 296 g/mol. The summed E-state index contributed by atoms with van der Waals surface area (Å²) in [6, 6.07) is 0. The SMILES string of the molecule is CC(C)(C)c1nc(C(=O)NC2(CC(=O)O)CCC2)cs1. The topological polar surface area (TPSA) is 79.3 Å². The molecule has 0 unspecified atom stereocenters. The Morgan fingerprint density at radius 2 is 2.10 bits per heavy atom. The van der Waals surface area contributed by atoms with Gasteiger partial charge in [0.25, 0.3) is 5.91 Å². The molecule has 1 amide bonds. The van der Waals surface area contributed by atoms with Gasteiger partial charge in [-0.05, 0) is 19.3 Å². The van der Waals surface area contributed by atoms with Crippen molar-refractivity contribution >= 4 is 23.2 Å². The number of carboxylic acids is 1. The van der Waals surface area contributed by atoms with Crippen LogP contribution in [-0.4, -0.2) is 27.5 Å². The van der Waals surface area contributed by atoms with E-state index in [1.807, 2.05) is 20.8 Å². The van der Waals surface area contributed by atoms with Gasteiger partial charge in [0.1, 0.15) is 5.69 Å². The Kier molecular flexibility index (Phi) is 3.86. The van der Waals surface area contributed by atoms with Gasteiger partial charge in [-0.1, -0.05) is 20.8 Å². The molecule has 0 saturated heterocycles. The highest BCUT2D eigenvalue weighted by molar-refractivity contribution is 7.10. The van der Waals surface area contributed by atoms with Gasteiger partial charge in [0.05, 0.1) is 17.0 Å². The van der Waals surface area contributed by atoms with Crippen LogP contribution in [0.3, 0.4) is 0 Å². The summed E-state index contributed by atoms with van der Waals surface area (Å²) in [5.41, 5.74) is -0.274. The lowest BCUT2D eigenvalue weighted by Gasteiger charge is -2.41. The lowest BCUT2D eigenvalue weighted by Crippen LogP contribution is -2.54. The molecule has 1 aromatic rings. The van der Waals surface area contributed by atoms with Crippen LogP contribution >= 0.6 is 11.3 Å². The van der Waals surface area contributed by atoms with Gasteiger partial charge in [0.15, 0.2) is 0 Å². The number of nitrogens with one attached hydrogen (secondary N) is 1. The fourth-order valence-electron chi connectivity index (χ4n) is 2.27. The number of carbonyl (C=O) groups excluding carboxylic acids is 1. The number of nitrogens with zero attached hydrogens (tertiary/aromatic N) is 1. The molecule has 0 atom stereocenters. The minimum Gasteiger partial charge on any atom is -0.481 e. The summed E-state index contributed by atoms with van der Waals surface area (Å²) in [5, 5.41) is 14.5. The van der Waals surface area contributed by atoms with Crippen LogP contribution in [0.2, 0.25) is 0 Å². The second kappa shape index (κ2) is 5.16. The fraction of sp³-hybridized carbons (Fsp3) is 0.643. The molecule has 1 aromatic heterocycles. The smallest absolute Gasteiger partial charge is 0.305 e. The van der Waals surface area contributed by atoms with Gasteiger partial charge >= 0.3 is 5.97 Å². The molecule has 0 bridgehead atoms. The van der Waals surface area contributed by atoms with Crippen LogP contribution < -0.4 is 5.32 Å². The third-order valence-corrected chi connectivity index (χ3v) is 4.83. The molecule has 20 heavy (non-hydrogen) atoms. The van der Waals surface area contributed by atoms with Crippen molar-refractivity contribution in [2.24, 2.45) is 0 Å². The number of hydrogen-bond acceptors (Lipinski definition) is 4. The van der Waals surface area contributed by atoms with E-state index < -0.39 is 11.5 Å². The lowest BCUT2D eigenvalue weighted by atomic mass is 9.74. The largest absolute Gasteiger partial charge is 0.481 e. The van der Waals surface area contributed by atoms with E-state index >= 15 is 0 Å². The van der Waals surface area contributed by atoms with Crippen molar-refractivity contribution in [2.75, 3.05) is 0 Å². The molecule has 1 fully saturated rings. The van der Waals surface area contributed by atoms with Gasteiger partial charge in [-0.3, -0.25) is 9.59 Å². The van der Waals surface area contributed by atoms with E-state index in [4.69, 9.17) is 5.11 Å². The van der Waals surface area contributed by atoms with Crippen molar-refractivity contribution in [2.45, 2.75) is 57.4 Å². The summed E-state index contributed by atoms with van der Waals surface area (Å²) in [4.78, 5) is 27.5. The predicted octanol–water partition coefficient (Wildman–Crippen LogP) is 2.57. The summed E-state index contributed by atoms with van der Waals surface area (Å²) in [6.45, 7) is 6.14. The quantitative estimate of drug-likeness (QED) is 0.895. The standard InChI is InChI=1S/C14H20N2O3S/c1-13(2,3)12-15-9(8-20-12)11(19)16-14(5-4-6-14)7-10(17)18/h8H,4-7H2,1-3H3,(H,16,19)(H,17,18). The second-order valence-corrected chi connectivity index (χ2v) is 7.30. The van der Waals surface area contributed by atoms with E-state index in [0.717, 1.165) is 24.3 Å². The van der Waals surface area contributed by atoms with Crippen LogP contribution in [0.15, 0.2) is 5.38 Å². The molecule has 1 aliphatic rings. The summed E-state index contributed by atoms with van der Waals surface area (Å²) in [7, 11) is 0. The molecule has 5 nitrogen and oxygen atoms in total. The van der Waals surface area contributed by atoms with Gasteiger partial charge in [-0.15, -0.1) is 11.3 Å². The average Bonchev–Trinajstić information content (AvgIpc) is 2.73. The third kappa shape index (κ3) is 3.17. The first-order valence-corrected chi connectivity index (χ1v) is 7.60. The molecule has 0 radical (unpaired) electrons. The molecule has 110 valence electrons. The van der Waals surface area contributed by atoms with Gasteiger partial charge < -0.3 is 10.4 Å². The molecule has 0 aliphatic heterocycles. The summed E-state index contributed by atoms with van der Waals surface area (Å²) in [6.07, 6.45) is 2.38. The number of thiazole rings is 1. The van der Waals surface area contributed by atoms with Gasteiger partial charge in [-0.2, -0.15) is 0 Å². The molecule has 1 aliphatic carbocycles. The highest BCUT2D eigenvalue weighted by atomic mass is 32.1. The van der Waals surface area contributed by atoms with Crippen LogP contribution in [0.5, 0.6) is 0 Å². The number of carboxylic acid groups (broad SMARTS) is 1. The van der Waals surface area contributed by atoms with Crippen LogP contribution in [0.1, 0.15) is 62.0 Å². The molecule has 2 N–H and O–H groups in total. The minimum atomic E-state index is -0.876. The number of aromatic nitrogens is 1. The van der Waals surface area contributed by atoms with Gasteiger partial charge in [-0.25, -0.2) is 4.98 Å². The van der Waals surface area contributed by atoms with Crippen molar-refractivity contribution in [3.05, 3.63) is 16.1 Å². The van der Waals surface area contributed by atoms with Gasteiger partial charge in [0, 0.05) is 10.8 Å². The van der Waals surface area contributed by atoms with Crippen molar-refractivity contribution in [3.8, 4) is 0 Å². The zero-order valence-electron chi connectivity index (χ0n) is 12.0. The molecule has 6 heteroatoms. The van der Waals surface area contributed by atoms with Gasteiger partial charge in [0.2, 0.25) is 0 Å². The zero-order chi connectivity index (χ0) is 15.0. The highest BCUT2D eigenvalue weighted by Crippen LogP contribution is 2.35. The Morgan fingerprint density at radius 1 is 1.45 bits per heavy atom. The maximum atomic E-state index is 12.2. The van der Waals surface area contributed by atoms with Crippen LogP contribution in [-0.2, 0) is 10.2 Å². The normalized spacial score (nSPS) is 17.4. The van der Waals surface area contributed by atoms with E-state index in [2.05, 4.69) is 10.3 Å². The van der Waals surface area contributed by atoms with E-state index in [1.54, 1.807) is 5.38 Å². The highest BCUT2D eigenvalue weighted by Gasteiger charge is 2.40. The summed E-state index contributed by atoms with van der Waals surface area (Å²) < 4.78 is 0. The Labute approximate surface area is 122 Å². The van der Waals surface area contributed by atoms with Crippen LogP contribution in [0, 0.1) is 0 Å². The number of hydrogen-bond donors (Lipinski definition) is 2. The van der Waals surface area contributed by atoms with Crippen LogP contribution in [0.25, 0.3) is 0 Å². The molecule has 1 saturated carbocycles. The molecular weight excluding hydrogens is 276 g/mol. The lowest BCUT2D eigenvalue weighted by molar-refractivity contribution is -0.139. The maximum Gasteiger partial charge on any atom is 0.305 e. The number of rotatable bonds is 4. The van der Waals surface area contributed by atoms with E-state index in [9.17, 15) is 9.59 Å². The van der Waals surface area contributed by atoms with Crippen molar-refractivity contribution < 1.29 is 14.7 Å². The Morgan fingerprint density at radius 3 is 2.50 bits per heavy atom. The van der Waals surface area contributed by atoms with E-state index in [0.29, 0.717) is 5.69 Å². The first kappa shape index (κ1) is 15.0. The van der Waals surface area contributed by atoms with E-state index in [-0.39, 0.29) is 17.7 Å². The molecule has 0 aromatic carbocycles. The third-order valence-electron chi connectivity index (χ3n) is 3.56. The van der Waals surface area contributed by atoms with Crippen molar-refractivity contribution in [3.63, 3.8) is 0 Å². The number of amides is 1.